The third-order valence-electron chi connectivity index (χ3n) is 3.24. The first-order valence-electron chi connectivity index (χ1n) is 6.37. The lowest BCUT2D eigenvalue weighted by Gasteiger charge is -2.35. The van der Waals surface area contributed by atoms with Gasteiger partial charge < -0.3 is 10.1 Å². The summed E-state index contributed by atoms with van der Waals surface area (Å²) >= 11 is 5.91. The van der Waals surface area contributed by atoms with E-state index in [-0.39, 0.29) is 28.4 Å². The summed E-state index contributed by atoms with van der Waals surface area (Å²) < 4.78 is 5.40. The Bertz CT molecular complexity index is 529. The molecule has 0 aliphatic heterocycles. The number of halogens is 1. The molecule has 0 aromatic heterocycles. The smallest absolute Gasteiger partial charge is 0.270 e. The van der Waals surface area contributed by atoms with Crippen molar-refractivity contribution in [1.29, 1.82) is 0 Å². The average Bonchev–Trinajstić information content (AvgIpc) is 2.36. The van der Waals surface area contributed by atoms with E-state index in [1.54, 1.807) is 0 Å². The van der Waals surface area contributed by atoms with Crippen LogP contribution in [-0.4, -0.2) is 29.6 Å². The fourth-order valence-electron chi connectivity index (χ4n) is 2.12. The number of carbonyl (C=O) groups excluding carboxylic acids is 1. The Morgan fingerprint density at radius 1 is 1.55 bits per heavy atom. The number of benzene rings is 1. The highest BCUT2D eigenvalue weighted by Gasteiger charge is 2.31. The summed E-state index contributed by atoms with van der Waals surface area (Å²) in [6.07, 6.45) is 1.70. The third kappa shape index (κ3) is 3.26. The first-order chi connectivity index (χ1) is 9.51. The van der Waals surface area contributed by atoms with Crippen LogP contribution < -0.4 is 5.32 Å². The van der Waals surface area contributed by atoms with Crippen molar-refractivity contribution in [2.75, 3.05) is 6.61 Å². The van der Waals surface area contributed by atoms with Crippen molar-refractivity contribution >= 4 is 23.2 Å². The van der Waals surface area contributed by atoms with Crippen LogP contribution in [0.5, 0.6) is 0 Å². The van der Waals surface area contributed by atoms with E-state index >= 15 is 0 Å². The fourth-order valence-corrected chi connectivity index (χ4v) is 2.32. The Morgan fingerprint density at radius 3 is 2.85 bits per heavy atom. The number of ether oxygens (including phenoxy) is 1. The molecule has 0 radical (unpaired) electrons. The minimum absolute atomic E-state index is 0.0365. The highest BCUT2D eigenvalue weighted by Crippen LogP contribution is 2.26. The maximum absolute atomic E-state index is 12.0. The van der Waals surface area contributed by atoms with E-state index in [1.807, 2.05) is 6.92 Å². The molecule has 1 saturated carbocycles. The third-order valence-corrected chi connectivity index (χ3v) is 3.57. The molecule has 0 atom stereocenters. The number of hydrogen-bond donors (Lipinski definition) is 1. The molecule has 0 saturated heterocycles. The zero-order valence-electron chi connectivity index (χ0n) is 11.0. The van der Waals surface area contributed by atoms with E-state index in [0.717, 1.165) is 12.8 Å². The maximum Gasteiger partial charge on any atom is 0.270 e. The number of nitro benzene ring substituents is 1. The zero-order valence-corrected chi connectivity index (χ0v) is 11.7. The Labute approximate surface area is 121 Å². The summed E-state index contributed by atoms with van der Waals surface area (Å²) in [4.78, 5) is 22.2. The van der Waals surface area contributed by atoms with Gasteiger partial charge in [-0.3, -0.25) is 14.9 Å². The topological polar surface area (TPSA) is 81.5 Å². The van der Waals surface area contributed by atoms with Crippen molar-refractivity contribution < 1.29 is 14.5 Å². The summed E-state index contributed by atoms with van der Waals surface area (Å²) in [6.45, 7) is 2.58. The number of hydrogen-bond acceptors (Lipinski definition) is 4. The first-order valence-corrected chi connectivity index (χ1v) is 6.75. The van der Waals surface area contributed by atoms with Gasteiger partial charge in [0.25, 0.3) is 11.6 Å². The molecule has 1 amide bonds. The maximum atomic E-state index is 12.0. The lowest BCUT2D eigenvalue weighted by molar-refractivity contribution is -0.384. The average molecular weight is 299 g/mol. The summed E-state index contributed by atoms with van der Waals surface area (Å²) in [6, 6.07) is 3.86. The molecule has 7 heteroatoms. The Kier molecular flexibility index (Phi) is 4.57. The largest absolute Gasteiger partial charge is 0.378 e. The van der Waals surface area contributed by atoms with Gasteiger partial charge in [-0.15, -0.1) is 0 Å². The van der Waals surface area contributed by atoms with Crippen LogP contribution in [0.1, 0.15) is 30.1 Å². The number of nitrogens with one attached hydrogen (secondary N) is 1. The van der Waals surface area contributed by atoms with Crippen molar-refractivity contribution in [3.05, 3.63) is 38.9 Å². The van der Waals surface area contributed by atoms with E-state index < -0.39 is 10.8 Å². The normalized spacial score (nSPS) is 21.1. The predicted molar refractivity (Wildman–Crippen MR) is 74.0 cm³/mol. The minimum Gasteiger partial charge on any atom is -0.378 e. The van der Waals surface area contributed by atoms with Crippen LogP contribution in [0.25, 0.3) is 0 Å². The molecule has 20 heavy (non-hydrogen) atoms. The van der Waals surface area contributed by atoms with Gasteiger partial charge in [0.2, 0.25) is 0 Å². The molecule has 2 rings (SSSR count). The van der Waals surface area contributed by atoms with Crippen molar-refractivity contribution in [1.82, 2.24) is 5.32 Å². The Morgan fingerprint density at radius 2 is 2.25 bits per heavy atom. The lowest BCUT2D eigenvalue weighted by Crippen LogP contribution is -2.47. The molecule has 1 aromatic carbocycles. The second kappa shape index (κ2) is 6.19. The number of carbonyl (C=O) groups is 1. The SMILES string of the molecule is CCOC1CC(NC(=O)c2cc([N+](=O)[O-])ccc2Cl)C1. The fraction of sp³-hybridized carbons (Fsp3) is 0.462. The van der Waals surface area contributed by atoms with Crippen molar-refractivity contribution in [2.24, 2.45) is 0 Å². The van der Waals surface area contributed by atoms with E-state index in [0.29, 0.717) is 6.61 Å². The number of nitrogens with zero attached hydrogens (tertiary/aromatic N) is 1. The van der Waals surface area contributed by atoms with Gasteiger partial charge in [0.1, 0.15) is 0 Å². The molecule has 0 unspecified atom stereocenters. The Hall–Kier alpha value is -1.66. The van der Waals surface area contributed by atoms with E-state index in [2.05, 4.69) is 5.32 Å². The van der Waals surface area contributed by atoms with Crippen molar-refractivity contribution in [2.45, 2.75) is 31.9 Å². The summed E-state index contributed by atoms with van der Waals surface area (Å²) in [5.74, 6) is -0.390. The van der Waals surface area contributed by atoms with Gasteiger partial charge in [0.15, 0.2) is 0 Å². The van der Waals surface area contributed by atoms with Crippen LogP contribution in [-0.2, 0) is 4.74 Å². The van der Waals surface area contributed by atoms with Crippen LogP contribution in [0.15, 0.2) is 18.2 Å². The Balaban J connectivity index is 1.99. The van der Waals surface area contributed by atoms with Gasteiger partial charge >= 0.3 is 0 Å². The molecule has 1 N–H and O–H groups in total. The monoisotopic (exact) mass is 298 g/mol. The first kappa shape index (κ1) is 14.7. The van der Waals surface area contributed by atoms with E-state index in [9.17, 15) is 14.9 Å². The molecule has 1 aliphatic rings. The van der Waals surface area contributed by atoms with Gasteiger partial charge in [0.05, 0.1) is 21.6 Å². The zero-order chi connectivity index (χ0) is 14.7. The highest BCUT2D eigenvalue weighted by molar-refractivity contribution is 6.33. The van der Waals surface area contributed by atoms with Gasteiger partial charge in [-0.2, -0.15) is 0 Å². The highest BCUT2D eigenvalue weighted by atomic mass is 35.5. The standard InChI is InChI=1S/C13H15ClN2O4/c1-2-20-10-5-8(6-10)15-13(17)11-7-9(16(18)19)3-4-12(11)14/h3-4,7-8,10H,2,5-6H2,1H3,(H,15,17). The van der Waals surface area contributed by atoms with Gasteiger partial charge in [0, 0.05) is 24.8 Å². The van der Waals surface area contributed by atoms with Crippen LogP contribution in [0.3, 0.4) is 0 Å². The lowest BCUT2D eigenvalue weighted by atomic mass is 9.89. The van der Waals surface area contributed by atoms with Gasteiger partial charge in [-0.25, -0.2) is 0 Å². The van der Waals surface area contributed by atoms with Gasteiger partial charge in [-0.05, 0) is 25.8 Å². The molecule has 1 aliphatic carbocycles. The second-order valence-electron chi connectivity index (χ2n) is 4.64. The predicted octanol–water partition coefficient (Wildman–Crippen LogP) is 2.55. The summed E-state index contributed by atoms with van der Waals surface area (Å²) in [5, 5.41) is 13.7. The van der Waals surface area contributed by atoms with Crippen LogP contribution in [0.2, 0.25) is 5.02 Å². The molecular formula is C13H15ClN2O4. The number of nitro groups is 1. The molecule has 1 fully saturated rings. The molecule has 0 spiro atoms. The molecule has 1 aromatic rings. The molecular weight excluding hydrogens is 284 g/mol. The number of rotatable bonds is 5. The van der Waals surface area contributed by atoms with Crippen LogP contribution >= 0.6 is 11.6 Å². The second-order valence-corrected chi connectivity index (χ2v) is 5.05. The number of amides is 1. The van der Waals surface area contributed by atoms with Crippen molar-refractivity contribution in [3.63, 3.8) is 0 Å². The summed E-state index contributed by atoms with van der Waals surface area (Å²) in [7, 11) is 0. The molecule has 6 nitrogen and oxygen atoms in total. The minimum atomic E-state index is -0.554. The summed E-state index contributed by atoms with van der Waals surface area (Å²) in [5.41, 5.74) is -0.0268. The quantitative estimate of drug-likeness (QED) is 0.669. The van der Waals surface area contributed by atoms with Crippen LogP contribution in [0.4, 0.5) is 5.69 Å². The van der Waals surface area contributed by atoms with Crippen molar-refractivity contribution in [3.8, 4) is 0 Å². The van der Waals surface area contributed by atoms with E-state index in [4.69, 9.17) is 16.3 Å². The molecule has 108 valence electrons. The van der Waals surface area contributed by atoms with Crippen LogP contribution in [0, 0.1) is 10.1 Å². The van der Waals surface area contributed by atoms with Gasteiger partial charge in [-0.1, -0.05) is 11.6 Å². The molecule has 0 bridgehead atoms. The van der Waals surface area contributed by atoms with E-state index in [1.165, 1.54) is 18.2 Å². The number of non-ortho nitro benzene ring substituents is 1. The molecule has 0 heterocycles.